The Morgan fingerprint density at radius 3 is 2.65 bits per heavy atom. The van der Waals surface area contributed by atoms with E-state index in [1.807, 2.05) is 23.6 Å². The lowest BCUT2D eigenvalue weighted by atomic mass is 10.1. The van der Waals surface area contributed by atoms with Crippen molar-refractivity contribution in [3.8, 4) is 0 Å². The summed E-state index contributed by atoms with van der Waals surface area (Å²) in [6, 6.07) is 9.58. The van der Waals surface area contributed by atoms with Crippen LogP contribution in [0.4, 0.5) is 10.1 Å². The Balaban J connectivity index is 1.94. The number of hydrogen-bond donors (Lipinski definition) is 0. The number of thiophene rings is 1. The minimum absolute atomic E-state index is 0.192. The van der Waals surface area contributed by atoms with Gasteiger partial charge in [0.25, 0.3) is 5.91 Å². The van der Waals surface area contributed by atoms with Gasteiger partial charge in [-0.25, -0.2) is 4.39 Å². The third kappa shape index (κ3) is 2.28. The molecular weight excluding hydrogens is 275 g/mol. The van der Waals surface area contributed by atoms with E-state index in [0.717, 1.165) is 4.88 Å². The summed E-state index contributed by atoms with van der Waals surface area (Å²) in [5.74, 6) is -0.530. The molecule has 3 nitrogen and oxygen atoms in total. The number of hydrogen-bond acceptors (Lipinski definition) is 3. The summed E-state index contributed by atoms with van der Waals surface area (Å²) >= 11 is 1.56. The first-order chi connectivity index (χ1) is 9.65. The summed E-state index contributed by atoms with van der Waals surface area (Å²) in [6.07, 6.45) is 1.83. The van der Waals surface area contributed by atoms with Crippen LogP contribution in [0.1, 0.15) is 11.8 Å². The van der Waals surface area contributed by atoms with Crippen molar-refractivity contribution >= 4 is 34.7 Å². The molecule has 1 aromatic heterocycles. The molecule has 0 saturated carbocycles. The van der Waals surface area contributed by atoms with Crippen molar-refractivity contribution in [3.63, 3.8) is 0 Å². The van der Waals surface area contributed by atoms with Crippen LogP contribution in [0, 0.1) is 5.82 Å². The number of benzene rings is 1. The molecule has 0 bridgehead atoms. The molecule has 2 aromatic rings. The van der Waals surface area contributed by atoms with Crippen molar-refractivity contribution in [2.45, 2.75) is 6.92 Å². The number of carbonyl (C=O) groups excluding carboxylic acids is 1. The molecule has 0 saturated heterocycles. The first-order valence-corrected chi connectivity index (χ1v) is 6.94. The van der Waals surface area contributed by atoms with Gasteiger partial charge in [-0.1, -0.05) is 6.07 Å². The molecule has 0 atom stereocenters. The molecule has 20 heavy (non-hydrogen) atoms. The number of carbonyl (C=O) groups is 1. The zero-order valence-corrected chi connectivity index (χ0v) is 11.5. The van der Waals surface area contributed by atoms with Crippen molar-refractivity contribution in [2.24, 2.45) is 5.10 Å². The first kappa shape index (κ1) is 12.7. The van der Waals surface area contributed by atoms with Crippen molar-refractivity contribution in [1.29, 1.82) is 0 Å². The van der Waals surface area contributed by atoms with Crippen molar-refractivity contribution in [2.75, 3.05) is 5.01 Å². The van der Waals surface area contributed by atoms with Gasteiger partial charge >= 0.3 is 0 Å². The van der Waals surface area contributed by atoms with E-state index in [1.54, 1.807) is 18.3 Å². The Kier molecular flexibility index (Phi) is 3.20. The lowest BCUT2D eigenvalue weighted by Crippen LogP contribution is -2.21. The fourth-order valence-electron chi connectivity index (χ4n) is 1.96. The summed E-state index contributed by atoms with van der Waals surface area (Å²) in [5, 5.41) is 7.50. The molecule has 5 heteroatoms. The lowest BCUT2D eigenvalue weighted by molar-refractivity contribution is -0.114. The fraction of sp³-hybridized carbons (Fsp3) is 0.0667. The average molecular weight is 286 g/mol. The second kappa shape index (κ2) is 5.02. The smallest absolute Gasteiger partial charge is 0.267 e. The monoisotopic (exact) mass is 286 g/mol. The molecular formula is C15H11FN2OS. The highest BCUT2D eigenvalue weighted by Gasteiger charge is 2.28. The predicted molar refractivity (Wildman–Crippen MR) is 79.3 cm³/mol. The highest BCUT2D eigenvalue weighted by atomic mass is 32.1. The van der Waals surface area contributed by atoms with Crippen LogP contribution in [0.2, 0.25) is 0 Å². The van der Waals surface area contributed by atoms with Crippen LogP contribution in [0.5, 0.6) is 0 Å². The third-order valence-corrected chi connectivity index (χ3v) is 3.78. The van der Waals surface area contributed by atoms with E-state index in [9.17, 15) is 9.18 Å². The van der Waals surface area contributed by atoms with Crippen LogP contribution in [0.3, 0.4) is 0 Å². The third-order valence-electron chi connectivity index (χ3n) is 2.96. The molecule has 2 heterocycles. The van der Waals surface area contributed by atoms with Crippen molar-refractivity contribution in [3.05, 3.63) is 58.0 Å². The molecule has 1 amide bonds. The molecule has 0 radical (unpaired) electrons. The molecule has 0 aliphatic carbocycles. The minimum Gasteiger partial charge on any atom is -0.267 e. The van der Waals surface area contributed by atoms with Gasteiger partial charge in [0.05, 0.1) is 17.0 Å². The Hall–Kier alpha value is -2.27. The Morgan fingerprint density at radius 1 is 1.25 bits per heavy atom. The van der Waals surface area contributed by atoms with Crippen LogP contribution in [0.15, 0.2) is 52.5 Å². The highest BCUT2D eigenvalue weighted by Crippen LogP contribution is 2.25. The first-order valence-electron chi connectivity index (χ1n) is 6.06. The second-order valence-corrected chi connectivity index (χ2v) is 5.33. The van der Waals surface area contributed by atoms with Crippen molar-refractivity contribution in [1.82, 2.24) is 0 Å². The van der Waals surface area contributed by atoms with Gasteiger partial charge in [-0.3, -0.25) is 4.79 Å². The van der Waals surface area contributed by atoms with E-state index in [1.165, 1.54) is 29.3 Å². The maximum atomic E-state index is 12.9. The molecule has 0 spiro atoms. The van der Waals surface area contributed by atoms with E-state index < -0.39 is 0 Å². The SMILES string of the molecule is CC1=NN(c2ccc(F)cc2)C(=O)C1=Cc1cccs1. The Bertz CT molecular complexity index is 702. The molecule has 0 N–H and O–H groups in total. The quantitative estimate of drug-likeness (QED) is 0.775. The molecule has 1 aromatic carbocycles. The zero-order valence-electron chi connectivity index (χ0n) is 10.7. The van der Waals surface area contributed by atoms with Gasteiger partial charge in [0.2, 0.25) is 0 Å². The number of hydrazone groups is 1. The molecule has 0 unspecified atom stereocenters. The summed E-state index contributed by atoms with van der Waals surface area (Å²) in [7, 11) is 0. The summed E-state index contributed by atoms with van der Waals surface area (Å²) in [5.41, 5.74) is 1.79. The fourth-order valence-corrected chi connectivity index (χ4v) is 2.61. The number of rotatable bonds is 2. The van der Waals surface area contributed by atoms with Crippen LogP contribution in [-0.2, 0) is 4.79 Å². The van der Waals surface area contributed by atoms with Gasteiger partial charge in [0.1, 0.15) is 5.82 Å². The lowest BCUT2D eigenvalue weighted by Gasteiger charge is -2.11. The maximum Gasteiger partial charge on any atom is 0.280 e. The van der Waals surface area contributed by atoms with Gasteiger partial charge in [-0.15, -0.1) is 11.3 Å². The average Bonchev–Trinajstić information content (AvgIpc) is 3.04. The largest absolute Gasteiger partial charge is 0.280 e. The van der Waals surface area contributed by atoms with Crippen LogP contribution >= 0.6 is 11.3 Å². The summed E-state index contributed by atoms with van der Waals surface area (Å²) < 4.78 is 12.9. The van der Waals surface area contributed by atoms with Gasteiger partial charge in [0, 0.05) is 4.88 Å². The maximum absolute atomic E-state index is 12.9. The van der Waals surface area contributed by atoms with Crippen molar-refractivity contribution < 1.29 is 9.18 Å². The standard InChI is InChI=1S/C15H11FN2OS/c1-10-14(9-13-3-2-8-20-13)15(19)18(17-10)12-6-4-11(16)5-7-12/h2-9H,1H3. The van der Waals surface area contributed by atoms with E-state index in [-0.39, 0.29) is 11.7 Å². The van der Waals surface area contributed by atoms with Gasteiger partial charge in [-0.2, -0.15) is 10.1 Å². The molecule has 3 rings (SSSR count). The topological polar surface area (TPSA) is 32.7 Å². The van der Waals surface area contributed by atoms with Crippen LogP contribution in [0.25, 0.3) is 6.08 Å². The highest BCUT2D eigenvalue weighted by molar-refractivity contribution is 7.10. The second-order valence-electron chi connectivity index (χ2n) is 4.35. The molecule has 1 aliphatic rings. The molecule has 0 fully saturated rings. The molecule has 100 valence electrons. The van der Waals surface area contributed by atoms with Crippen LogP contribution in [-0.4, -0.2) is 11.6 Å². The Morgan fingerprint density at radius 2 is 2.00 bits per heavy atom. The zero-order chi connectivity index (χ0) is 14.1. The number of halogens is 1. The number of nitrogens with zero attached hydrogens (tertiary/aromatic N) is 2. The number of amides is 1. The van der Waals surface area contributed by atoms with E-state index in [0.29, 0.717) is 17.0 Å². The van der Waals surface area contributed by atoms with Gasteiger partial charge < -0.3 is 0 Å². The van der Waals surface area contributed by atoms with Gasteiger partial charge in [-0.05, 0) is 48.7 Å². The molecule has 1 aliphatic heterocycles. The number of anilines is 1. The van der Waals surface area contributed by atoms with Crippen LogP contribution < -0.4 is 5.01 Å². The minimum atomic E-state index is -0.338. The summed E-state index contributed by atoms with van der Waals surface area (Å²) in [6.45, 7) is 1.79. The Labute approximate surface area is 119 Å². The van der Waals surface area contributed by atoms with Gasteiger partial charge in [0.15, 0.2) is 0 Å². The normalized spacial score (nSPS) is 16.9. The van der Waals surface area contributed by atoms with E-state index in [2.05, 4.69) is 5.10 Å². The predicted octanol–water partition coefficient (Wildman–Crippen LogP) is 3.69. The summed E-state index contributed by atoms with van der Waals surface area (Å²) in [4.78, 5) is 13.4. The van der Waals surface area contributed by atoms with E-state index >= 15 is 0 Å². The van der Waals surface area contributed by atoms with E-state index in [4.69, 9.17) is 0 Å².